The zero-order chi connectivity index (χ0) is 15.6. The second kappa shape index (κ2) is 5.73. The second-order valence-corrected chi connectivity index (χ2v) is 6.43. The van der Waals surface area contributed by atoms with Gasteiger partial charge >= 0.3 is 0 Å². The Labute approximate surface area is 123 Å². The fourth-order valence-electron chi connectivity index (χ4n) is 2.10. The second-order valence-electron chi connectivity index (χ2n) is 4.78. The quantitative estimate of drug-likeness (QED) is 0.853. The summed E-state index contributed by atoms with van der Waals surface area (Å²) in [7, 11) is -3.77. The average Bonchev–Trinajstić information content (AvgIpc) is 2.37. The summed E-state index contributed by atoms with van der Waals surface area (Å²) in [5.74, 6) is -0.469. The van der Waals surface area contributed by atoms with Gasteiger partial charge in [-0.3, -0.25) is 4.72 Å². The van der Waals surface area contributed by atoms with Gasteiger partial charge in [-0.1, -0.05) is 13.0 Å². The highest BCUT2D eigenvalue weighted by Gasteiger charge is 2.17. The van der Waals surface area contributed by atoms with Crippen LogP contribution in [-0.2, 0) is 16.4 Å². The molecule has 0 fully saturated rings. The number of rotatable bonds is 4. The Balaban J connectivity index is 2.35. The third-order valence-electron chi connectivity index (χ3n) is 3.21. The Hall–Kier alpha value is -2.08. The van der Waals surface area contributed by atoms with Gasteiger partial charge < -0.3 is 5.73 Å². The Morgan fingerprint density at radius 1 is 1.19 bits per heavy atom. The topological polar surface area (TPSA) is 72.2 Å². The van der Waals surface area contributed by atoms with Gasteiger partial charge in [-0.15, -0.1) is 0 Å². The minimum atomic E-state index is -3.77. The van der Waals surface area contributed by atoms with Crippen molar-refractivity contribution in [2.75, 3.05) is 10.5 Å². The van der Waals surface area contributed by atoms with Crippen molar-refractivity contribution in [1.82, 2.24) is 0 Å². The summed E-state index contributed by atoms with van der Waals surface area (Å²) < 4.78 is 40.2. The van der Waals surface area contributed by atoms with Crippen LogP contribution in [0.1, 0.15) is 18.1 Å². The van der Waals surface area contributed by atoms with E-state index in [0.717, 1.165) is 18.1 Å². The molecule has 0 heterocycles. The maximum atomic E-state index is 13.1. The van der Waals surface area contributed by atoms with Gasteiger partial charge in [0.25, 0.3) is 10.0 Å². The first-order valence-electron chi connectivity index (χ1n) is 6.51. The monoisotopic (exact) mass is 308 g/mol. The molecule has 3 N–H and O–H groups in total. The molecule has 0 aliphatic heterocycles. The molecule has 0 atom stereocenters. The Kier molecular flexibility index (Phi) is 4.18. The third-order valence-corrected chi connectivity index (χ3v) is 4.75. The van der Waals surface area contributed by atoms with Crippen LogP contribution >= 0.6 is 0 Å². The van der Waals surface area contributed by atoms with E-state index < -0.39 is 15.8 Å². The number of benzene rings is 2. The molecule has 0 bridgehead atoms. The molecular weight excluding hydrogens is 291 g/mol. The maximum absolute atomic E-state index is 13.1. The Morgan fingerprint density at radius 2 is 1.90 bits per heavy atom. The van der Waals surface area contributed by atoms with Crippen LogP contribution in [0.3, 0.4) is 0 Å². The van der Waals surface area contributed by atoms with Crippen molar-refractivity contribution in [3.8, 4) is 0 Å². The molecule has 2 aromatic carbocycles. The van der Waals surface area contributed by atoms with Crippen LogP contribution in [0.2, 0.25) is 0 Å². The predicted molar refractivity (Wildman–Crippen MR) is 82.2 cm³/mol. The minimum absolute atomic E-state index is 0.0436. The zero-order valence-corrected chi connectivity index (χ0v) is 12.7. The van der Waals surface area contributed by atoms with Crippen LogP contribution < -0.4 is 10.5 Å². The molecule has 0 aliphatic carbocycles. The predicted octanol–water partition coefficient (Wildman–Crippen LogP) is 3.08. The van der Waals surface area contributed by atoms with E-state index in [1.54, 1.807) is 25.1 Å². The molecule has 112 valence electrons. The molecule has 0 aromatic heterocycles. The summed E-state index contributed by atoms with van der Waals surface area (Å²) >= 11 is 0. The number of nitrogens with one attached hydrogen (secondary N) is 1. The highest BCUT2D eigenvalue weighted by atomic mass is 32.2. The molecule has 0 spiro atoms. The van der Waals surface area contributed by atoms with Crippen molar-refractivity contribution in [2.45, 2.75) is 25.2 Å². The van der Waals surface area contributed by atoms with Crippen molar-refractivity contribution < 1.29 is 12.8 Å². The van der Waals surface area contributed by atoms with E-state index in [4.69, 9.17) is 5.73 Å². The highest BCUT2D eigenvalue weighted by Crippen LogP contribution is 2.23. The number of anilines is 2. The van der Waals surface area contributed by atoms with Gasteiger partial charge in [0.15, 0.2) is 0 Å². The molecule has 0 radical (unpaired) electrons. The van der Waals surface area contributed by atoms with Crippen molar-refractivity contribution in [2.24, 2.45) is 0 Å². The molecule has 0 unspecified atom stereocenters. The molecule has 4 nitrogen and oxygen atoms in total. The Morgan fingerprint density at radius 3 is 2.48 bits per heavy atom. The van der Waals surface area contributed by atoms with Crippen molar-refractivity contribution >= 4 is 21.4 Å². The smallest absolute Gasteiger partial charge is 0.262 e. The summed E-state index contributed by atoms with van der Waals surface area (Å²) in [6.07, 6.45) is 0.774. The largest absolute Gasteiger partial charge is 0.398 e. The fourth-order valence-corrected chi connectivity index (χ4v) is 3.38. The molecule has 0 amide bonds. The van der Waals surface area contributed by atoms with Crippen LogP contribution in [0.4, 0.5) is 15.8 Å². The minimum Gasteiger partial charge on any atom is -0.398 e. The summed E-state index contributed by atoms with van der Waals surface area (Å²) in [5.41, 5.74) is 8.08. The summed E-state index contributed by atoms with van der Waals surface area (Å²) in [6.45, 7) is 3.52. The zero-order valence-electron chi connectivity index (χ0n) is 11.9. The fraction of sp³-hybridized carbons (Fsp3) is 0.200. The number of halogens is 1. The summed E-state index contributed by atoms with van der Waals surface area (Å²) in [5, 5.41) is 0. The summed E-state index contributed by atoms with van der Waals surface area (Å²) in [6, 6.07) is 8.57. The molecule has 0 aliphatic rings. The van der Waals surface area contributed by atoms with E-state index in [2.05, 4.69) is 4.72 Å². The molecule has 6 heteroatoms. The van der Waals surface area contributed by atoms with Crippen LogP contribution in [0, 0.1) is 12.7 Å². The average molecular weight is 308 g/mol. The van der Waals surface area contributed by atoms with Gasteiger partial charge in [-0.2, -0.15) is 0 Å². The van der Waals surface area contributed by atoms with E-state index in [1.165, 1.54) is 12.1 Å². The highest BCUT2D eigenvalue weighted by molar-refractivity contribution is 7.92. The first-order valence-corrected chi connectivity index (χ1v) is 7.99. The molecular formula is C15H17FN2O2S. The van der Waals surface area contributed by atoms with Crippen molar-refractivity contribution in [3.63, 3.8) is 0 Å². The van der Waals surface area contributed by atoms with Gasteiger partial charge in [-0.05, 0) is 54.8 Å². The Bertz CT molecular complexity index is 773. The van der Waals surface area contributed by atoms with Gasteiger partial charge in [0.05, 0.1) is 10.6 Å². The molecule has 2 aromatic rings. The van der Waals surface area contributed by atoms with Crippen LogP contribution in [-0.4, -0.2) is 8.42 Å². The number of nitrogen functional groups attached to an aromatic ring is 1. The van der Waals surface area contributed by atoms with Crippen LogP contribution in [0.5, 0.6) is 0 Å². The number of hydrogen-bond donors (Lipinski definition) is 2. The molecule has 0 saturated heterocycles. The van der Waals surface area contributed by atoms with Gasteiger partial charge in [-0.25, -0.2) is 12.8 Å². The van der Waals surface area contributed by atoms with E-state index >= 15 is 0 Å². The maximum Gasteiger partial charge on any atom is 0.262 e. The van der Waals surface area contributed by atoms with E-state index in [0.29, 0.717) is 16.9 Å². The molecule has 21 heavy (non-hydrogen) atoms. The van der Waals surface area contributed by atoms with E-state index in [9.17, 15) is 12.8 Å². The van der Waals surface area contributed by atoms with Crippen LogP contribution in [0.25, 0.3) is 0 Å². The van der Waals surface area contributed by atoms with Gasteiger partial charge in [0.1, 0.15) is 5.82 Å². The van der Waals surface area contributed by atoms with E-state index in [-0.39, 0.29) is 4.90 Å². The third kappa shape index (κ3) is 3.33. The van der Waals surface area contributed by atoms with Gasteiger partial charge in [0.2, 0.25) is 0 Å². The first-order chi connectivity index (χ1) is 9.83. The lowest BCUT2D eigenvalue weighted by Gasteiger charge is -2.12. The van der Waals surface area contributed by atoms with Crippen LogP contribution in [0.15, 0.2) is 41.3 Å². The van der Waals surface area contributed by atoms with Gasteiger partial charge in [0, 0.05) is 5.69 Å². The number of hydrogen-bond acceptors (Lipinski definition) is 3. The molecule has 2 rings (SSSR count). The van der Waals surface area contributed by atoms with E-state index in [1.807, 2.05) is 6.92 Å². The first kappa shape index (κ1) is 15.3. The standard InChI is InChI=1S/C15H17FN2O2S/c1-3-11-4-6-13(9-14(11)17)18-21(19,20)15-7-5-12(16)8-10(15)2/h4-9,18H,3,17H2,1-2H3. The lowest BCUT2D eigenvalue weighted by atomic mass is 10.1. The normalized spacial score (nSPS) is 11.4. The lowest BCUT2D eigenvalue weighted by Crippen LogP contribution is -2.14. The summed E-state index contributed by atoms with van der Waals surface area (Å²) in [4.78, 5) is 0.0436. The number of sulfonamides is 1. The number of aryl methyl sites for hydroxylation is 2. The molecule has 0 saturated carbocycles. The van der Waals surface area contributed by atoms with Crippen molar-refractivity contribution in [1.29, 1.82) is 0 Å². The SMILES string of the molecule is CCc1ccc(NS(=O)(=O)c2ccc(F)cc2C)cc1N. The number of nitrogens with two attached hydrogens (primary N) is 1. The van der Waals surface area contributed by atoms with Crippen molar-refractivity contribution in [3.05, 3.63) is 53.3 Å². The lowest BCUT2D eigenvalue weighted by molar-refractivity contribution is 0.598.